The fraction of sp³-hybridized carbons (Fsp3) is 0.111. The van der Waals surface area contributed by atoms with Crippen molar-refractivity contribution in [2.45, 2.75) is 6.30 Å². The van der Waals surface area contributed by atoms with E-state index in [-0.39, 0.29) is 29.5 Å². The summed E-state index contributed by atoms with van der Waals surface area (Å²) in [7, 11) is 0. The smallest absolute Gasteiger partial charge is 0.254 e. The molecule has 6 N–H and O–H groups in total. The number of benzene rings is 1. The lowest BCUT2D eigenvalue weighted by atomic mass is 10.1. The van der Waals surface area contributed by atoms with E-state index in [0.29, 0.717) is 0 Å². The predicted octanol–water partition coefficient (Wildman–Crippen LogP) is 0.798. The number of alkyl halides is 1. The van der Waals surface area contributed by atoms with Gasteiger partial charge in [0, 0.05) is 0 Å². The van der Waals surface area contributed by atoms with E-state index in [4.69, 9.17) is 5.41 Å². The second-order valence-corrected chi connectivity index (χ2v) is 2.99. The standard InChI is InChI=1S/C8H5F2NO.CH5N3.ClH/c9-5-3-1-2-4-6(5)7(10)11-8(4)12;2-1(3)4;/h1-3,7H,(H,11,12);(H5,2,3,4);1H. The number of fused-ring (bicyclic) bond motifs is 1. The summed E-state index contributed by atoms with van der Waals surface area (Å²) < 4.78 is 25.7. The van der Waals surface area contributed by atoms with Crippen LogP contribution in [-0.4, -0.2) is 11.9 Å². The Balaban J connectivity index is 0.000000453. The van der Waals surface area contributed by atoms with Crippen molar-refractivity contribution in [2.24, 2.45) is 11.5 Å². The summed E-state index contributed by atoms with van der Waals surface area (Å²) in [6.45, 7) is 0. The van der Waals surface area contributed by atoms with E-state index in [0.717, 1.165) is 6.07 Å². The minimum atomic E-state index is -1.70. The number of halogens is 3. The molecule has 1 unspecified atom stereocenters. The molecule has 0 aromatic heterocycles. The number of amides is 1. The molecule has 1 aliphatic rings. The lowest BCUT2D eigenvalue weighted by Gasteiger charge is -1.99. The van der Waals surface area contributed by atoms with Crippen LogP contribution in [0.3, 0.4) is 0 Å². The second-order valence-electron chi connectivity index (χ2n) is 2.99. The van der Waals surface area contributed by atoms with E-state index in [1.165, 1.54) is 12.1 Å². The summed E-state index contributed by atoms with van der Waals surface area (Å²) in [5.74, 6) is -1.57. The predicted molar refractivity (Wildman–Crippen MR) is 61.1 cm³/mol. The highest BCUT2D eigenvalue weighted by molar-refractivity contribution is 5.98. The largest absolute Gasteiger partial charge is 0.370 e. The van der Waals surface area contributed by atoms with Crippen LogP contribution in [0.15, 0.2) is 18.2 Å². The lowest BCUT2D eigenvalue weighted by Crippen LogP contribution is -2.20. The molecule has 1 amide bonds. The number of rotatable bonds is 0. The van der Waals surface area contributed by atoms with Gasteiger partial charge >= 0.3 is 0 Å². The van der Waals surface area contributed by atoms with Crippen molar-refractivity contribution in [3.05, 3.63) is 35.1 Å². The maximum atomic E-state index is 12.9. The van der Waals surface area contributed by atoms with E-state index >= 15 is 0 Å². The van der Waals surface area contributed by atoms with E-state index in [1.807, 2.05) is 5.32 Å². The molecular weight excluding hydrogens is 254 g/mol. The van der Waals surface area contributed by atoms with Gasteiger partial charge in [0.15, 0.2) is 5.96 Å². The van der Waals surface area contributed by atoms with E-state index in [9.17, 15) is 13.6 Å². The molecule has 1 atom stereocenters. The quantitative estimate of drug-likeness (QED) is 0.316. The van der Waals surface area contributed by atoms with Gasteiger partial charge in [0.1, 0.15) is 5.82 Å². The van der Waals surface area contributed by atoms with Crippen LogP contribution in [-0.2, 0) is 0 Å². The van der Waals surface area contributed by atoms with Crippen molar-refractivity contribution in [1.29, 1.82) is 5.41 Å². The maximum Gasteiger partial charge on any atom is 0.254 e. The van der Waals surface area contributed by atoms with E-state index < -0.39 is 18.0 Å². The zero-order valence-corrected chi connectivity index (χ0v) is 9.35. The van der Waals surface area contributed by atoms with Gasteiger partial charge in [0.2, 0.25) is 6.30 Å². The van der Waals surface area contributed by atoms with Gasteiger partial charge in [-0.05, 0) is 12.1 Å². The first-order valence-electron chi connectivity index (χ1n) is 4.26. The summed E-state index contributed by atoms with van der Waals surface area (Å²) in [4.78, 5) is 10.9. The number of nitrogens with one attached hydrogen (secondary N) is 2. The Labute approximate surface area is 102 Å². The summed E-state index contributed by atoms with van der Waals surface area (Å²) in [6, 6.07) is 3.91. The third-order valence-corrected chi connectivity index (χ3v) is 1.81. The molecule has 0 aliphatic carbocycles. The number of guanidine groups is 1. The highest BCUT2D eigenvalue weighted by Crippen LogP contribution is 2.28. The molecule has 0 bridgehead atoms. The first kappa shape index (κ1) is 15.1. The first-order valence-corrected chi connectivity index (χ1v) is 4.26. The first-order chi connectivity index (χ1) is 7.43. The molecule has 1 aliphatic heterocycles. The van der Waals surface area contributed by atoms with Crippen LogP contribution < -0.4 is 16.8 Å². The molecule has 1 aromatic rings. The maximum absolute atomic E-state index is 12.9. The molecule has 1 heterocycles. The Hall–Kier alpha value is -1.89. The van der Waals surface area contributed by atoms with Crippen molar-refractivity contribution in [3.8, 4) is 0 Å². The lowest BCUT2D eigenvalue weighted by molar-refractivity contribution is 0.0928. The minimum Gasteiger partial charge on any atom is -0.370 e. The molecule has 0 spiro atoms. The highest BCUT2D eigenvalue weighted by Gasteiger charge is 2.30. The van der Waals surface area contributed by atoms with Gasteiger partial charge in [0.25, 0.3) is 5.91 Å². The molecule has 2 rings (SSSR count). The molecule has 0 fully saturated rings. The van der Waals surface area contributed by atoms with Crippen LogP contribution in [0.1, 0.15) is 22.2 Å². The van der Waals surface area contributed by atoms with Crippen molar-refractivity contribution in [1.82, 2.24) is 5.32 Å². The number of carbonyl (C=O) groups excluding carboxylic acids is 1. The van der Waals surface area contributed by atoms with Gasteiger partial charge in [-0.1, -0.05) is 6.07 Å². The van der Waals surface area contributed by atoms with Crippen molar-refractivity contribution in [3.63, 3.8) is 0 Å². The van der Waals surface area contributed by atoms with Crippen LogP contribution in [0.2, 0.25) is 0 Å². The number of hydrogen-bond acceptors (Lipinski definition) is 2. The van der Waals surface area contributed by atoms with Crippen LogP contribution in [0.4, 0.5) is 8.78 Å². The van der Waals surface area contributed by atoms with Crippen molar-refractivity contribution < 1.29 is 13.6 Å². The van der Waals surface area contributed by atoms with Gasteiger partial charge in [-0.3, -0.25) is 10.2 Å². The van der Waals surface area contributed by atoms with Gasteiger partial charge in [0.05, 0.1) is 11.1 Å². The molecule has 0 radical (unpaired) electrons. The Kier molecular flexibility index (Phi) is 5.33. The Bertz CT molecular complexity index is 437. The van der Waals surface area contributed by atoms with Gasteiger partial charge in [-0.2, -0.15) is 0 Å². The summed E-state index contributed by atoms with van der Waals surface area (Å²) in [5, 5.41) is 8.03. The number of nitrogens with two attached hydrogens (primary N) is 2. The number of hydrogen-bond donors (Lipinski definition) is 4. The van der Waals surface area contributed by atoms with Crippen LogP contribution in [0.25, 0.3) is 0 Å². The third-order valence-electron chi connectivity index (χ3n) is 1.81. The minimum absolute atomic E-state index is 0. The van der Waals surface area contributed by atoms with Crippen LogP contribution in [0, 0.1) is 11.2 Å². The molecule has 0 saturated carbocycles. The van der Waals surface area contributed by atoms with Crippen molar-refractivity contribution in [2.75, 3.05) is 0 Å². The highest BCUT2D eigenvalue weighted by atomic mass is 35.5. The molecular formula is C9H11ClF2N4O. The molecule has 17 heavy (non-hydrogen) atoms. The molecule has 94 valence electrons. The van der Waals surface area contributed by atoms with Gasteiger partial charge < -0.3 is 16.8 Å². The third kappa shape index (κ3) is 3.56. The van der Waals surface area contributed by atoms with Crippen LogP contribution in [0.5, 0.6) is 0 Å². The Morgan fingerprint density at radius 1 is 1.41 bits per heavy atom. The topological polar surface area (TPSA) is 105 Å². The zero-order valence-electron chi connectivity index (χ0n) is 8.54. The molecule has 8 heteroatoms. The summed E-state index contributed by atoms with van der Waals surface area (Å²) in [5.41, 5.74) is 8.85. The monoisotopic (exact) mass is 264 g/mol. The van der Waals surface area contributed by atoms with Gasteiger partial charge in [-0.15, -0.1) is 12.4 Å². The normalized spacial score (nSPS) is 15.9. The molecule has 0 saturated heterocycles. The fourth-order valence-electron chi connectivity index (χ4n) is 1.26. The molecule has 5 nitrogen and oxygen atoms in total. The average Bonchev–Trinajstić information content (AvgIpc) is 2.43. The fourth-order valence-corrected chi connectivity index (χ4v) is 1.26. The Morgan fingerprint density at radius 3 is 2.41 bits per heavy atom. The van der Waals surface area contributed by atoms with Gasteiger partial charge in [-0.25, -0.2) is 8.78 Å². The van der Waals surface area contributed by atoms with Crippen molar-refractivity contribution >= 4 is 24.3 Å². The summed E-state index contributed by atoms with van der Waals surface area (Å²) in [6.07, 6.45) is -1.70. The van der Waals surface area contributed by atoms with E-state index in [1.54, 1.807) is 0 Å². The Morgan fingerprint density at radius 2 is 1.94 bits per heavy atom. The van der Waals surface area contributed by atoms with Crippen LogP contribution >= 0.6 is 12.4 Å². The summed E-state index contributed by atoms with van der Waals surface area (Å²) >= 11 is 0. The average molecular weight is 265 g/mol. The zero-order chi connectivity index (χ0) is 12.3. The number of carbonyl (C=O) groups is 1. The second kappa shape index (κ2) is 6.00. The molecule has 1 aromatic carbocycles. The SMILES string of the molecule is Cl.N=C(N)N.O=C1NC(F)c2c(F)cccc21. The van der Waals surface area contributed by atoms with E-state index in [2.05, 4.69) is 11.5 Å².